The molecule has 0 aromatic carbocycles. The van der Waals surface area contributed by atoms with E-state index in [0.29, 0.717) is 24.7 Å². The molecule has 2 amide bonds. The van der Waals surface area contributed by atoms with Crippen LogP contribution in [-0.4, -0.2) is 44.4 Å². The van der Waals surface area contributed by atoms with Crippen molar-refractivity contribution in [2.45, 2.75) is 25.8 Å². The summed E-state index contributed by atoms with van der Waals surface area (Å²) in [4.78, 5) is 24.7. The molecule has 2 unspecified atom stereocenters. The van der Waals surface area contributed by atoms with Crippen molar-refractivity contribution in [1.29, 1.82) is 0 Å². The minimum Gasteiger partial charge on any atom is -0.480 e. The average Bonchev–Trinajstić information content (AvgIpc) is 2.74. The zero-order valence-electron chi connectivity index (χ0n) is 11.0. The number of likely N-dealkylation sites (tertiary alicyclic amines) is 1. The highest BCUT2D eigenvalue weighted by molar-refractivity contribution is 5.91. The fourth-order valence-corrected chi connectivity index (χ4v) is 2.28. The van der Waals surface area contributed by atoms with E-state index in [1.165, 1.54) is 4.90 Å². The number of amides is 2. The first-order valence-electron chi connectivity index (χ1n) is 6.27. The predicted molar refractivity (Wildman–Crippen MR) is 68.8 cm³/mol. The van der Waals surface area contributed by atoms with Crippen LogP contribution in [0.1, 0.15) is 19.8 Å². The van der Waals surface area contributed by atoms with E-state index in [1.54, 1.807) is 24.0 Å². The lowest BCUT2D eigenvalue weighted by atomic mass is 9.93. The van der Waals surface area contributed by atoms with E-state index in [4.69, 9.17) is 0 Å². The summed E-state index contributed by atoms with van der Waals surface area (Å²) in [5.74, 6) is -0.210. The van der Waals surface area contributed by atoms with Crippen LogP contribution in [0, 0.1) is 5.92 Å². The molecule has 104 valence electrons. The largest absolute Gasteiger partial charge is 0.480 e. The number of urea groups is 1. The van der Waals surface area contributed by atoms with Gasteiger partial charge in [0.05, 0.1) is 0 Å². The summed E-state index contributed by atoms with van der Waals surface area (Å²) in [5.41, 5.74) is 0. The SMILES string of the molecule is CC1CCN(C(=O)Nc2ccn(C)n2)C(C(=O)O)C1. The van der Waals surface area contributed by atoms with Crippen LogP contribution in [0.25, 0.3) is 0 Å². The van der Waals surface area contributed by atoms with E-state index in [9.17, 15) is 14.7 Å². The number of carbonyl (C=O) groups excluding carboxylic acids is 1. The molecule has 2 atom stereocenters. The van der Waals surface area contributed by atoms with Gasteiger partial charge in [0.2, 0.25) is 0 Å². The summed E-state index contributed by atoms with van der Waals surface area (Å²) in [5, 5.41) is 15.9. The van der Waals surface area contributed by atoms with Gasteiger partial charge >= 0.3 is 12.0 Å². The lowest BCUT2D eigenvalue weighted by Gasteiger charge is -2.35. The summed E-state index contributed by atoms with van der Waals surface area (Å²) in [7, 11) is 1.75. The van der Waals surface area contributed by atoms with Crippen LogP contribution in [-0.2, 0) is 11.8 Å². The van der Waals surface area contributed by atoms with E-state index in [2.05, 4.69) is 10.4 Å². The molecule has 2 N–H and O–H groups in total. The lowest BCUT2D eigenvalue weighted by Crippen LogP contribution is -2.51. The number of nitrogens with zero attached hydrogens (tertiary/aromatic N) is 3. The van der Waals surface area contributed by atoms with E-state index in [1.807, 2.05) is 6.92 Å². The second kappa shape index (κ2) is 5.29. The highest BCUT2D eigenvalue weighted by Crippen LogP contribution is 2.23. The number of aromatic nitrogens is 2. The summed E-state index contributed by atoms with van der Waals surface area (Å²) >= 11 is 0. The topological polar surface area (TPSA) is 87.5 Å². The van der Waals surface area contributed by atoms with Crippen molar-refractivity contribution in [1.82, 2.24) is 14.7 Å². The van der Waals surface area contributed by atoms with E-state index in [-0.39, 0.29) is 0 Å². The maximum atomic E-state index is 12.1. The number of rotatable bonds is 2. The Hall–Kier alpha value is -2.05. The second-order valence-electron chi connectivity index (χ2n) is 4.98. The first-order valence-corrected chi connectivity index (χ1v) is 6.27. The van der Waals surface area contributed by atoms with E-state index >= 15 is 0 Å². The molecule has 19 heavy (non-hydrogen) atoms. The Balaban J connectivity index is 2.06. The monoisotopic (exact) mass is 266 g/mol. The minimum atomic E-state index is -0.956. The number of hydrogen-bond acceptors (Lipinski definition) is 3. The fraction of sp³-hybridized carbons (Fsp3) is 0.583. The molecule has 1 saturated heterocycles. The molecule has 2 heterocycles. The molecule has 0 radical (unpaired) electrons. The van der Waals surface area contributed by atoms with Crippen molar-refractivity contribution in [3.8, 4) is 0 Å². The van der Waals surface area contributed by atoms with Gasteiger partial charge in [-0.15, -0.1) is 0 Å². The third-order valence-electron chi connectivity index (χ3n) is 3.36. The third kappa shape index (κ3) is 3.04. The van der Waals surface area contributed by atoms with Crippen LogP contribution in [0.3, 0.4) is 0 Å². The number of piperidine rings is 1. The zero-order valence-corrected chi connectivity index (χ0v) is 11.0. The molecule has 7 nitrogen and oxygen atoms in total. The molecule has 7 heteroatoms. The van der Waals surface area contributed by atoms with Crippen molar-refractivity contribution in [2.24, 2.45) is 13.0 Å². The van der Waals surface area contributed by atoms with Crippen molar-refractivity contribution in [3.05, 3.63) is 12.3 Å². The van der Waals surface area contributed by atoms with Gasteiger partial charge in [-0.25, -0.2) is 9.59 Å². The maximum Gasteiger partial charge on any atom is 0.326 e. The van der Waals surface area contributed by atoms with E-state index in [0.717, 1.165) is 6.42 Å². The Bertz CT molecular complexity index is 485. The quantitative estimate of drug-likeness (QED) is 0.840. The molecule has 2 rings (SSSR count). The molecule has 0 saturated carbocycles. The van der Waals surface area contributed by atoms with Crippen LogP contribution in [0.5, 0.6) is 0 Å². The Labute approximate surface area is 111 Å². The van der Waals surface area contributed by atoms with Gasteiger partial charge in [-0.05, 0) is 18.8 Å². The van der Waals surface area contributed by atoms with Gasteiger partial charge < -0.3 is 10.0 Å². The van der Waals surface area contributed by atoms with Gasteiger partial charge in [-0.3, -0.25) is 10.00 Å². The zero-order chi connectivity index (χ0) is 14.0. The molecule has 1 fully saturated rings. The maximum absolute atomic E-state index is 12.1. The Kier molecular flexibility index (Phi) is 3.73. The van der Waals surface area contributed by atoms with Crippen LogP contribution < -0.4 is 5.32 Å². The minimum absolute atomic E-state index is 0.319. The van der Waals surface area contributed by atoms with Crippen molar-refractivity contribution >= 4 is 17.8 Å². The van der Waals surface area contributed by atoms with Crippen LogP contribution >= 0.6 is 0 Å². The second-order valence-corrected chi connectivity index (χ2v) is 4.98. The molecular weight excluding hydrogens is 248 g/mol. The number of hydrogen-bond donors (Lipinski definition) is 2. The average molecular weight is 266 g/mol. The van der Waals surface area contributed by atoms with E-state index < -0.39 is 18.0 Å². The van der Waals surface area contributed by atoms with Gasteiger partial charge in [0.1, 0.15) is 6.04 Å². The van der Waals surface area contributed by atoms with Crippen LogP contribution in [0.4, 0.5) is 10.6 Å². The number of nitrogens with one attached hydrogen (secondary N) is 1. The van der Waals surface area contributed by atoms with Crippen molar-refractivity contribution in [2.75, 3.05) is 11.9 Å². The summed E-state index contributed by atoms with van der Waals surface area (Å²) in [6.07, 6.45) is 3.02. The normalized spacial score (nSPS) is 23.2. The van der Waals surface area contributed by atoms with Gasteiger partial charge in [-0.1, -0.05) is 6.92 Å². The molecule has 1 aliphatic rings. The Morgan fingerprint density at radius 3 is 2.84 bits per heavy atom. The molecule has 0 spiro atoms. The summed E-state index contributed by atoms with van der Waals surface area (Å²) in [6.45, 7) is 2.46. The number of anilines is 1. The Morgan fingerprint density at radius 2 is 2.26 bits per heavy atom. The van der Waals surface area contributed by atoms with Gasteiger partial charge in [-0.2, -0.15) is 5.10 Å². The molecule has 1 aromatic rings. The first kappa shape index (κ1) is 13.4. The molecule has 0 bridgehead atoms. The van der Waals surface area contributed by atoms with Crippen LogP contribution in [0.2, 0.25) is 0 Å². The smallest absolute Gasteiger partial charge is 0.326 e. The predicted octanol–water partition coefficient (Wildman–Crippen LogP) is 1.14. The lowest BCUT2D eigenvalue weighted by molar-refractivity contribution is -0.143. The first-order chi connectivity index (χ1) is 8.97. The molecular formula is C12H18N4O3. The fourth-order valence-electron chi connectivity index (χ4n) is 2.28. The number of carbonyl (C=O) groups is 2. The molecule has 0 aliphatic carbocycles. The number of aryl methyl sites for hydroxylation is 1. The number of carboxylic acids is 1. The highest BCUT2D eigenvalue weighted by atomic mass is 16.4. The van der Waals surface area contributed by atoms with Gasteiger partial charge in [0.25, 0.3) is 0 Å². The molecule has 1 aliphatic heterocycles. The standard InChI is InChI=1S/C12H18N4O3/c1-8-3-6-16(9(7-8)11(17)18)12(19)13-10-4-5-15(2)14-10/h4-5,8-9H,3,6-7H2,1-2H3,(H,17,18)(H,13,14,19). The highest BCUT2D eigenvalue weighted by Gasteiger charge is 2.34. The summed E-state index contributed by atoms with van der Waals surface area (Å²) < 4.78 is 1.57. The van der Waals surface area contributed by atoms with Gasteiger partial charge in [0.15, 0.2) is 5.82 Å². The Morgan fingerprint density at radius 1 is 1.53 bits per heavy atom. The van der Waals surface area contributed by atoms with Crippen LogP contribution in [0.15, 0.2) is 12.3 Å². The number of carboxylic acid groups (broad SMARTS) is 1. The number of aliphatic carboxylic acids is 1. The van der Waals surface area contributed by atoms with Crippen molar-refractivity contribution in [3.63, 3.8) is 0 Å². The van der Waals surface area contributed by atoms with Crippen molar-refractivity contribution < 1.29 is 14.7 Å². The summed E-state index contributed by atoms with van der Waals surface area (Å²) in [6, 6.07) is 0.505. The van der Waals surface area contributed by atoms with Gasteiger partial charge in [0, 0.05) is 25.9 Å². The third-order valence-corrected chi connectivity index (χ3v) is 3.36. The molecule has 1 aromatic heterocycles.